The molecule has 0 aromatic carbocycles. The number of amides is 1. The van der Waals surface area contributed by atoms with Gasteiger partial charge in [0, 0.05) is 24.7 Å². The van der Waals surface area contributed by atoms with Crippen LogP contribution in [0.25, 0.3) is 0 Å². The number of pyridine rings is 1. The lowest BCUT2D eigenvalue weighted by Gasteiger charge is -1.94. The van der Waals surface area contributed by atoms with E-state index in [2.05, 4.69) is 26.5 Å². The first-order chi connectivity index (χ1) is 5.33. The van der Waals surface area contributed by atoms with Gasteiger partial charge in [0.15, 0.2) is 0 Å². The van der Waals surface area contributed by atoms with Crippen molar-refractivity contribution in [2.45, 2.75) is 0 Å². The van der Waals surface area contributed by atoms with Gasteiger partial charge in [0.25, 0.3) is 0 Å². The van der Waals surface area contributed by atoms with Gasteiger partial charge in [-0.05, 0) is 6.07 Å². The molecule has 1 aromatic heterocycles. The van der Waals surface area contributed by atoms with E-state index in [0.717, 1.165) is 0 Å². The predicted octanol–water partition coefficient (Wildman–Crippen LogP) is 1.31. The molecule has 0 saturated carbocycles. The third kappa shape index (κ3) is 2.38. The van der Waals surface area contributed by atoms with Gasteiger partial charge >= 0.3 is 6.09 Å². The molecule has 0 radical (unpaired) electrons. The summed E-state index contributed by atoms with van der Waals surface area (Å²) in [4.78, 5) is 14.2. The van der Waals surface area contributed by atoms with Crippen LogP contribution in [0.15, 0.2) is 28.8 Å². The smallest absolute Gasteiger partial charge is 0.389 e. The summed E-state index contributed by atoms with van der Waals surface area (Å²) in [5.74, 6) is 0.200. The molecule has 0 N–H and O–H groups in total. The van der Waals surface area contributed by atoms with Crippen molar-refractivity contribution in [2.75, 3.05) is 0 Å². The summed E-state index contributed by atoms with van der Waals surface area (Å²) >= 11 is 4.10. The Hall–Kier alpha value is -1.36. The molecule has 0 fully saturated rings. The minimum absolute atomic E-state index is 0.200. The zero-order valence-corrected chi connectivity index (χ0v) is 6.25. The predicted molar refractivity (Wildman–Crippen MR) is 40.1 cm³/mol. The van der Waals surface area contributed by atoms with Crippen LogP contribution in [0.5, 0.6) is 5.88 Å². The van der Waals surface area contributed by atoms with Crippen molar-refractivity contribution in [2.24, 2.45) is 4.36 Å². The summed E-state index contributed by atoms with van der Waals surface area (Å²) in [7, 11) is 0. The molecule has 5 heteroatoms. The van der Waals surface area contributed by atoms with E-state index in [1.807, 2.05) is 0 Å². The second-order valence-electron chi connectivity index (χ2n) is 1.63. The standard InChI is InChI=1S/C6H4N2O2S/c9-6(8-11)10-5-3-1-2-4-7-5/h1-4H. The molecule has 56 valence electrons. The van der Waals surface area contributed by atoms with Crippen molar-refractivity contribution < 1.29 is 9.53 Å². The van der Waals surface area contributed by atoms with Gasteiger partial charge in [-0.25, -0.2) is 9.78 Å². The number of hydrogen-bond acceptors (Lipinski definition) is 4. The minimum Gasteiger partial charge on any atom is -0.389 e. The molecule has 0 spiro atoms. The second-order valence-corrected chi connectivity index (χ2v) is 1.81. The molecule has 0 aliphatic rings. The maximum Gasteiger partial charge on any atom is 0.451 e. The Labute approximate surface area is 68.4 Å². The summed E-state index contributed by atoms with van der Waals surface area (Å²) in [6, 6.07) is 4.94. The number of nitrogens with zero attached hydrogens (tertiary/aromatic N) is 2. The lowest BCUT2D eigenvalue weighted by molar-refractivity contribution is 0.210. The van der Waals surface area contributed by atoms with E-state index >= 15 is 0 Å². The molecular formula is C6H4N2O2S. The van der Waals surface area contributed by atoms with Gasteiger partial charge in [-0.15, -0.1) is 4.36 Å². The first kappa shape index (κ1) is 7.74. The molecular weight excluding hydrogens is 164 g/mol. The Kier molecular flexibility index (Phi) is 2.62. The highest BCUT2D eigenvalue weighted by Gasteiger charge is 1.99. The van der Waals surface area contributed by atoms with Gasteiger partial charge < -0.3 is 4.74 Å². The zero-order chi connectivity index (χ0) is 8.10. The molecule has 1 rings (SSSR count). The maximum absolute atomic E-state index is 10.4. The Morgan fingerprint density at radius 1 is 1.64 bits per heavy atom. The van der Waals surface area contributed by atoms with Crippen molar-refractivity contribution in [3.8, 4) is 5.88 Å². The van der Waals surface area contributed by atoms with Crippen LogP contribution in [0.1, 0.15) is 0 Å². The van der Waals surface area contributed by atoms with E-state index in [9.17, 15) is 4.79 Å². The lowest BCUT2D eigenvalue weighted by atomic mass is 10.5. The van der Waals surface area contributed by atoms with Crippen LogP contribution >= 0.6 is 0 Å². The van der Waals surface area contributed by atoms with E-state index in [1.54, 1.807) is 18.2 Å². The molecule has 0 aliphatic heterocycles. The fourth-order valence-corrected chi connectivity index (χ4v) is 0.553. The zero-order valence-electron chi connectivity index (χ0n) is 5.43. The fraction of sp³-hybridized carbons (Fsp3) is 0. The molecule has 0 saturated heterocycles. The van der Waals surface area contributed by atoms with Crippen LogP contribution in [-0.2, 0) is 12.4 Å². The van der Waals surface area contributed by atoms with Crippen LogP contribution in [-0.4, -0.2) is 11.1 Å². The summed E-state index contributed by atoms with van der Waals surface area (Å²) in [6.45, 7) is 0. The summed E-state index contributed by atoms with van der Waals surface area (Å²) < 4.78 is 7.41. The normalized spacial score (nSPS) is 8.73. The van der Waals surface area contributed by atoms with Gasteiger partial charge in [-0.1, -0.05) is 6.07 Å². The average molecular weight is 168 g/mol. The molecule has 1 aromatic rings. The average Bonchev–Trinajstić information content (AvgIpc) is 2.06. The SMILES string of the molecule is O=C(N=S)Oc1ccccn1. The molecule has 11 heavy (non-hydrogen) atoms. The van der Waals surface area contributed by atoms with Gasteiger partial charge in [0.05, 0.1) is 0 Å². The third-order valence-electron chi connectivity index (χ3n) is 0.904. The first-order valence-electron chi connectivity index (χ1n) is 2.79. The van der Waals surface area contributed by atoms with E-state index in [4.69, 9.17) is 0 Å². The summed E-state index contributed by atoms with van der Waals surface area (Å²) in [5.41, 5.74) is 0. The van der Waals surface area contributed by atoms with E-state index in [1.165, 1.54) is 6.20 Å². The number of rotatable bonds is 1. The van der Waals surface area contributed by atoms with Crippen LogP contribution in [0.4, 0.5) is 4.79 Å². The van der Waals surface area contributed by atoms with Crippen LogP contribution in [0.3, 0.4) is 0 Å². The Morgan fingerprint density at radius 3 is 3.00 bits per heavy atom. The van der Waals surface area contributed by atoms with Gasteiger partial charge in [0.2, 0.25) is 5.88 Å². The summed E-state index contributed by atoms with van der Waals surface area (Å²) in [5, 5.41) is 0. The molecule has 4 nitrogen and oxygen atoms in total. The number of carbonyl (C=O) groups is 1. The van der Waals surface area contributed by atoms with Crippen molar-refractivity contribution in [3.05, 3.63) is 24.4 Å². The maximum atomic E-state index is 10.4. The number of carbonyl (C=O) groups excluding carboxylic acids is 1. The fourth-order valence-electron chi connectivity index (χ4n) is 0.516. The quantitative estimate of drug-likeness (QED) is 0.634. The van der Waals surface area contributed by atoms with E-state index in [-0.39, 0.29) is 5.88 Å². The third-order valence-corrected chi connectivity index (χ3v) is 1.05. The highest BCUT2D eigenvalue weighted by atomic mass is 32.1. The number of ether oxygens (including phenoxy) is 1. The number of hydrogen-bond donors (Lipinski definition) is 0. The molecule has 0 bridgehead atoms. The Bertz CT molecular complexity index is 263. The minimum atomic E-state index is -0.821. The van der Waals surface area contributed by atoms with Crippen LogP contribution < -0.4 is 4.74 Å². The molecule has 1 amide bonds. The van der Waals surface area contributed by atoms with Crippen molar-refractivity contribution >= 4 is 18.5 Å². The van der Waals surface area contributed by atoms with E-state index < -0.39 is 6.09 Å². The van der Waals surface area contributed by atoms with Crippen LogP contribution in [0.2, 0.25) is 0 Å². The lowest BCUT2D eigenvalue weighted by Crippen LogP contribution is -2.01. The topological polar surface area (TPSA) is 51.5 Å². The monoisotopic (exact) mass is 168 g/mol. The Balaban J connectivity index is 2.65. The van der Waals surface area contributed by atoms with Crippen molar-refractivity contribution in [1.82, 2.24) is 4.98 Å². The largest absolute Gasteiger partial charge is 0.451 e. The number of aromatic nitrogens is 1. The first-order valence-corrected chi connectivity index (χ1v) is 3.15. The van der Waals surface area contributed by atoms with Gasteiger partial charge in [-0.3, -0.25) is 0 Å². The van der Waals surface area contributed by atoms with E-state index in [0.29, 0.717) is 0 Å². The highest BCUT2D eigenvalue weighted by molar-refractivity contribution is 7.47. The van der Waals surface area contributed by atoms with Crippen LogP contribution in [0, 0.1) is 0 Å². The van der Waals surface area contributed by atoms with Crippen molar-refractivity contribution in [3.63, 3.8) is 0 Å². The van der Waals surface area contributed by atoms with Gasteiger partial charge in [-0.2, -0.15) is 0 Å². The highest BCUT2D eigenvalue weighted by Crippen LogP contribution is 2.03. The Morgan fingerprint density at radius 2 is 2.45 bits per heavy atom. The van der Waals surface area contributed by atoms with Gasteiger partial charge in [0.1, 0.15) is 0 Å². The molecule has 1 heterocycles. The second kappa shape index (κ2) is 3.72. The molecule has 0 aliphatic carbocycles. The molecule has 0 atom stereocenters. The molecule has 0 unspecified atom stereocenters. The summed E-state index contributed by atoms with van der Waals surface area (Å²) in [6.07, 6.45) is 0.685. The van der Waals surface area contributed by atoms with Crippen molar-refractivity contribution in [1.29, 1.82) is 0 Å².